The Morgan fingerprint density at radius 1 is 0.596 bits per heavy atom. The highest BCUT2D eigenvalue weighted by Gasteiger charge is 2.34. The van der Waals surface area contributed by atoms with Crippen LogP contribution in [0.2, 0.25) is 0 Å². The number of aliphatic hydroxyl groups excluding tert-OH is 1. The van der Waals surface area contributed by atoms with Crippen molar-refractivity contribution >= 4 is 18.0 Å². The van der Waals surface area contributed by atoms with Gasteiger partial charge in [0.15, 0.2) is 0 Å². The van der Waals surface area contributed by atoms with Crippen LogP contribution in [0.25, 0.3) is 45.0 Å². The first-order chi connectivity index (χ1) is 42.9. The molecule has 5 aromatic carbocycles. The standard InChI is InChI=1S/C37H35F3N6O2.C29H29F3N6.C2H6O/c1-24-32(31-16-19-41-35(43-31)42-25(2)27-12-7-4-8-13-27)34(29-14-9-15-30(22-29)37(38,39)40)45-44-33(24)28-17-20-46(21-18-28)36(47)48-23-26-10-5-3-6-11-26;1-18-25(24-13-16-34-28(36-24)35-19(2)20-7-4-3-5-8-20)27(22-9-6-10-23(17-22)29(30,31)32)38-37-26(18)21-11-14-33-15-12-21;1-2-3/h3-16,19,22,25,28H,17-18,20-21,23H2,1-2H3,(H,41,42,43);3-10,13,16-17,19,21,33H,11-12,14-15H2,1-2H3,(H,34,35,36);3H,2H2,1H3. The number of rotatable bonds is 14. The predicted octanol–water partition coefficient (Wildman–Crippen LogP) is 15.2. The number of benzene rings is 5. The molecule has 2 unspecified atom stereocenters. The number of carbonyl (C=O) groups excluding carboxylic acids is 1. The summed E-state index contributed by atoms with van der Waals surface area (Å²) < 4.78 is 87.3. The Bertz CT molecular complexity index is 3780. The number of aromatic nitrogens is 8. The van der Waals surface area contributed by atoms with Crippen LogP contribution in [0.1, 0.15) is 121 Å². The van der Waals surface area contributed by atoms with Crippen LogP contribution in [-0.2, 0) is 23.7 Å². The molecule has 6 heterocycles. The van der Waals surface area contributed by atoms with Crippen LogP contribution in [0.15, 0.2) is 164 Å². The summed E-state index contributed by atoms with van der Waals surface area (Å²) in [5, 5.41) is 35.8. The molecule has 2 aliphatic rings. The van der Waals surface area contributed by atoms with Crippen LogP contribution >= 0.6 is 0 Å². The number of anilines is 2. The number of amides is 1. The van der Waals surface area contributed by atoms with Gasteiger partial charge in [-0.15, -0.1) is 10.2 Å². The zero-order valence-electron chi connectivity index (χ0n) is 50.0. The second-order valence-corrected chi connectivity index (χ2v) is 21.8. The van der Waals surface area contributed by atoms with Crippen molar-refractivity contribution in [2.45, 2.75) is 103 Å². The number of hydrogen-bond acceptors (Lipinski definition) is 14. The number of likely N-dealkylation sites (tertiary alicyclic amines) is 1. The molecule has 0 bridgehead atoms. The van der Waals surface area contributed by atoms with Crippen molar-refractivity contribution in [2.24, 2.45) is 0 Å². The fraction of sp³-hybridized carbons (Fsp3) is 0.309. The van der Waals surface area contributed by atoms with Crippen molar-refractivity contribution in [3.8, 4) is 45.0 Å². The first-order valence-electron chi connectivity index (χ1n) is 29.6. The molecule has 1 amide bonds. The monoisotopic (exact) mass is 1220 g/mol. The average molecular weight is 1220 g/mol. The lowest BCUT2D eigenvalue weighted by Crippen LogP contribution is -2.38. The Morgan fingerprint density at radius 2 is 1.01 bits per heavy atom. The van der Waals surface area contributed by atoms with Gasteiger partial charge in [-0.25, -0.2) is 24.7 Å². The lowest BCUT2D eigenvalue weighted by Gasteiger charge is -2.31. The summed E-state index contributed by atoms with van der Waals surface area (Å²) in [7, 11) is 0. The van der Waals surface area contributed by atoms with Gasteiger partial charge in [0.25, 0.3) is 0 Å². The first-order valence-corrected chi connectivity index (χ1v) is 29.6. The third kappa shape index (κ3) is 16.5. The van der Waals surface area contributed by atoms with E-state index in [1.807, 2.05) is 119 Å². The minimum atomic E-state index is -4.52. The van der Waals surface area contributed by atoms with Gasteiger partial charge < -0.3 is 30.7 Å². The number of carbonyl (C=O) groups is 1. The normalized spacial score (nSPS) is 14.5. The smallest absolute Gasteiger partial charge is 0.416 e. The van der Waals surface area contributed by atoms with E-state index in [9.17, 15) is 31.1 Å². The van der Waals surface area contributed by atoms with E-state index in [1.54, 1.807) is 48.5 Å². The number of halogens is 6. The second kappa shape index (κ2) is 29.7. The van der Waals surface area contributed by atoms with Gasteiger partial charge in [-0.3, -0.25) is 0 Å². The number of nitrogens with zero attached hydrogens (tertiary/aromatic N) is 9. The lowest BCUT2D eigenvalue weighted by molar-refractivity contribution is -0.138. The van der Waals surface area contributed by atoms with E-state index in [-0.39, 0.29) is 48.8 Å². The van der Waals surface area contributed by atoms with Gasteiger partial charge in [0.2, 0.25) is 11.9 Å². The molecule has 2 saturated heterocycles. The molecular formula is C68H70F6N12O3. The second-order valence-electron chi connectivity index (χ2n) is 21.8. The van der Waals surface area contributed by atoms with Crippen LogP contribution in [-0.4, -0.2) is 89.2 Å². The zero-order chi connectivity index (χ0) is 63.1. The number of hydrogen-bond donors (Lipinski definition) is 4. The van der Waals surface area contributed by atoms with E-state index in [4.69, 9.17) is 19.8 Å². The van der Waals surface area contributed by atoms with Gasteiger partial charge in [0, 0.05) is 66.2 Å². The molecular weight excluding hydrogens is 1150 g/mol. The lowest BCUT2D eigenvalue weighted by atomic mass is 9.88. The Balaban J connectivity index is 0.000000208. The summed E-state index contributed by atoms with van der Waals surface area (Å²) in [6.45, 7) is 12.7. The van der Waals surface area contributed by atoms with Crippen molar-refractivity contribution in [2.75, 3.05) is 43.4 Å². The summed E-state index contributed by atoms with van der Waals surface area (Å²) in [6.07, 6.45) is -2.98. The summed E-state index contributed by atoms with van der Waals surface area (Å²) in [5.41, 5.74) is 8.41. The van der Waals surface area contributed by atoms with E-state index < -0.39 is 23.5 Å². The fourth-order valence-corrected chi connectivity index (χ4v) is 11.0. The van der Waals surface area contributed by atoms with Gasteiger partial charge in [0.1, 0.15) is 18.0 Å². The van der Waals surface area contributed by atoms with Crippen LogP contribution in [0.3, 0.4) is 0 Å². The maximum absolute atomic E-state index is 13.7. The summed E-state index contributed by atoms with van der Waals surface area (Å²) in [6, 6.07) is 43.0. The number of alkyl halides is 6. The zero-order valence-corrected chi connectivity index (χ0v) is 50.0. The molecule has 15 nitrogen and oxygen atoms in total. The highest BCUT2D eigenvalue weighted by Crippen LogP contribution is 2.42. The highest BCUT2D eigenvalue weighted by atomic mass is 19.4. The molecule has 0 spiro atoms. The molecule has 21 heteroatoms. The van der Waals surface area contributed by atoms with Crippen LogP contribution in [0.4, 0.5) is 43.0 Å². The van der Waals surface area contributed by atoms with Gasteiger partial charge in [-0.2, -0.15) is 36.5 Å². The largest absolute Gasteiger partial charge is 0.445 e. The van der Waals surface area contributed by atoms with Gasteiger partial charge in [0.05, 0.1) is 46.0 Å². The van der Waals surface area contributed by atoms with Crippen LogP contribution in [0, 0.1) is 13.8 Å². The fourth-order valence-electron chi connectivity index (χ4n) is 11.0. The molecule has 2 fully saturated rings. The maximum atomic E-state index is 13.7. The Labute approximate surface area is 513 Å². The third-order valence-electron chi connectivity index (χ3n) is 15.6. The Kier molecular flexibility index (Phi) is 21.4. The quantitative estimate of drug-likeness (QED) is 0.0753. The van der Waals surface area contributed by atoms with E-state index in [0.29, 0.717) is 77.3 Å². The van der Waals surface area contributed by atoms with Crippen molar-refractivity contribution in [3.05, 3.63) is 214 Å². The molecule has 462 valence electrons. The molecule has 9 aromatic rings. The first kappa shape index (κ1) is 64.3. The van der Waals surface area contributed by atoms with Crippen molar-refractivity contribution < 1.29 is 41.0 Å². The van der Waals surface area contributed by atoms with Crippen LogP contribution < -0.4 is 16.0 Å². The Hall–Kier alpha value is -9.21. The highest BCUT2D eigenvalue weighted by molar-refractivity contribution is 5.83. The van der Waals surface area contributed by atoms with E-state index in [2.05, 4.69) is 46.3 Å². The summed E-state index contributed by atoms with van der Waals surface area (Å²) in [4.78, 5) is 32.9. The van der Waals surface area contributed by atoms with E-state index in [1.165, 1.54) is 12.1 Å². The predicted molar refractivity (Wildman–Crippen MR) is 331 cm³/mol. The van der Waals surface area contributed by atoms with E-state index >= 15 is 0 Å². The molecule has 4 aromatic heterocycles. The topological polar surface area (TPSA) is 189 Å². The molecule has 0 radical (unpaired) electrons. The number of nitrogens with one attached hydrogen (secondary N) is 3. The van der Waals surface area contributed by atoms with Crippen molar-refractivity contribution in [3.63, 3.8) is 0 Å². The third-order valence-corrected chi connectivity index (χ3v) is 15.6. The summed E-state index contributed by atoms with van der Waals surface area (Å²) in [5.74, 6) is 0.991. The minimum absolute atomic E-state index is 0.0254. The molecule has 89 heavy (non-hydrogen) atoms. The van der Waals surface area contributed by atoms with Gasteiger partial charge >= 0.3 is 18.4 Å². The average Bonchev–Trinajstić information content (AvgIpc) is 1.72. The van der Waals surface area contributed by atoms with E-state index in [0.717, 1.165) is 89.4 Å². The summed E-state index contributed by atoms with van der Waals surface area (Å²) >= 11 is 0. The molecule has 11 rings (SSSR count). The maximum Gasteiger partial charge on any atom is 0.416 e. The molecule has 4 N–H and O–H groups in total. The minimum Gasteiger partial charge on any atom is -0.445 e. The Morgan fingerprint density at radius 3 is 1.44 bits per heavy atom. The molecule has 0 saturated carbocycles. The molecule has 0 aliphatic carbocycles. The molecule has 2 atom stereocenters. The molecule has 2 aliphatic heterocycles. The van der Waals surface area contributed by atoms with Crippen LogP contribution in [0.5, 0.6) is 0 Å². The van der Waals surface area contributed by atoms with Crippen molar-refractivity contribution in [1.29, 1.82) is 0 Å². The van der Waals surface area contributed by atoms with Gasteiger partial charge in [-0.1, -0.05) is 115 Å². The SMILES string of the molecule is CCO.Cc1c(C2CCN(C(=O)OCc3ccccc3)CC2)nnc(-c2cccc(C(F)(F)F)c2)c1-c1ccnc(NC(C)c2ccccc2)n1.Cc1c(C2CCNCC2)nnc(-c2cccc(C(F)(F)F)c2)c1-c1ccnc(NC(C)c2ccccc2)n1. The number of aliphatic hydroxyl groups is 1. The van der Waals surface area contributed by atoms with Gasteiger partial charge in [-0.05, 0) is 138 Å². The number of ether oxygens (including phenoxy) is 1. The van der Waals surface area contributed by atoms with Crippen molar-refractivity contribution in [1.82, 2.24) is 50.5 Å². The number of piperidine rings is 2.